The molecule has 0 bridgehead atoms. The molecule has 0 aliphatic rings. The normalized spacial score (nSPS) is 11.4. The second-order valence-electron chi connectivity index (χ2n) is 5.01. The van der Waals surface area contributed by atoms with Crippen LogP contribution in [0.3, 0.4) is 0 Å². The van der Waals surface area contributed by atoms with Gasteiger partial charge in [-0.3, -0.25) is 24.5 Å². The van der Waals surface area contributed by atoms with Gasteiger partial charge in [-0.05, 0) is 13.2 Å². The van der Waals surface area contributed by atoms with Gasteiger partial charge >= 0.3 is 0 Å². The van der Waals surface area contributed by atoms with Gasteiger partial charge in [-0.2, -0.15) is 5.10 Å². The van der Waals surface area contributed by atoms with E-state index in [0.29, 0.717) is 22.2 Å². The minimum atomic E-state index is -0.451. The molecule has 0 atom stereocenters. The van der Waals surface area contributed by atoms with E-state index in [2.05, 4.69) is 10.1 Å². The molecule has 1 aromatic carbocycles. The lowest BCUT2D eigenvalue weighted by Crippen LogP contribution is -2.23. The largest absolute Gasteiger partial charge is 0.291 e. The Morgan fingerprint density at radius 1 is 1.42 bits per heavy atom. The predicted octanol–water partition coefficient (Wildman–Crippen LogP) is 2.27. The molecule has 1 heterocycles. The fraction of sp³-hybridized carbons (Fsp3) is 0.267. The monoisotopic (exact) mass is 347 g/mol. The van der Waals surface area contributed by atoms with E-state index in [9.17, 15) is 14.9 Å². The van der Waals surface area contributed by atoms with E-state index in [1.807, 2.05) is 6.26 Å². The van der Waals surface area contributed by atoms with Crippen molar-refractivity contribution in [1.82, 2.24) is 9.55 Å². The van der Waals surface area contributed by atoms with E-state index >= 15 is 0 Å². The number of benzene rings is 1. The molecule has 0 spiro atoms. The fourth-order valence-electron chi connectivity index (χ4n) is 2.03. The molecule has 0 saturated heterocycles. The van der Waals surface area contributed by atoms with Gasteiger partial charge < -0.3 is 0 Å². The smallest absolute Gasteiger partial charge is 0.270 e. The molecule has 1 aromatic heterocycles. The van der Waals surface area contributed by atoms with E-state index in [0.717, 1.165) is 0 Å². The van der Waals surface area contributed by atoms with Crippen LogP contribution < -0.4 is 10.6 Å². The van der Waals surface area contributed by atoms with Crippen LogP contribution in [-0.4, -0.2) is 33.5 Å². The molecule has 0 saturated carbocycles. The second-order valence-corrected chi connectivity index (χ2v) is 5.79. The summed E-state index contributed by atoms with van der Waals surface area (Å²) in [6.07, 6.45) is 1.84. The third kappa shape index (κ3) is 3.80. The molecule has 2 aromatic rings. The highest BCUT2D eigenvalue weighted by Gasteiger charge is 2.11. The van der Waals surface area contributed by atoms with Crippen LogP contribution in [0.2, 0.25) is 0 Å². The molecule has 126 valence electrons. The van der Waals surface area contributed by atoms with Gasteiger partial charge in [0.25, 0.3) is 11.2 Å². The van der Waals surface area contributed by atoms with Gasteiger partial charge in [0.1, 0.15) is 0 Å². The van der Waals surface area contributed by atoms with E-state index in [1.165, 1.54) is 39.5 Å². The van der Waals surface area contributed by atoms with Crippen molar-refractivity contribution in [2.45, 2.75) is 12.1 Å². The Morgan fingerprint density at radius 3 is 2.75 bits per heavy atom. The SMILES string of the molecule is CSc1nc(N(C)/N=C(\C)c2cccc([N+](=O)[O-])c2)cc(=O)n1C. The standard InChI is InChI=1S/C15H17N5O3S/c1-10(11-6-5-7-12(8-11)20(22)23)17-19(3)13-9-14(21)18(2)15(16-13)24-4/h5-9H,1-4H3/b17-10+. The molecule has 0 aliphatic heterocycles. The zero-order chi connectivity index (χ0) is 17.9. The van der Waals surface area contributed by atoms with Crippen LogP contribution >= 0.6 is 11.8 Å². The number of nitrogens with zero attached hydrogens (tertiary/aromatic N) is 5. The van der Waals surface area contributed by atoms with Crippen LogP contribution in [0.4, 0.5) is 11.5 Å². The van der Waals surface area contributed by atoms with E-state index < -0.39 is 4.92 Å². The molecule has 0 fully saturated rings. The number of nitro benzene ring substituents is 1. The molecular formula is C15H17N5O3S. The van der Waals surface area contributed by atoms with Gasteiger partial charge in [0.15, 0.2) is 11.0 Å². The molecule has 0 N–H and O–H groups in total. The first-order valence-corrected chi connectivity index (χ1v) is 8.21. The topological polar surface area (TPSA) is 93.6 Å². The Kier molecular flexibility index (Phi) is 5.35. The summed E-state index contributed by atoms with van der Waals surface area (Å²) >= 11 is 1.36. The van der Waals surface area contributed by atoms with E-state index in [4.69, 9.17) is 0 Å². The molecule has 0 unspecified atom stereocenters. The van der Waals surface area contributed by atoms with Crippen LogP contribution in [0.1, 0.15) is 12.5 Å². The Morgan fingerprint density at radius 2 is 2.12 bits per heavy atom. The summed E-state index contributed by atoms with van der Waals surface area (Å²) in [4.78, 5) is 26.8. The highest BCUT2D eigenvalue weighted by atomic mass is 32.2. The highest BCUT2D eigenvalue weighted by Crippen LogP contribution is 2.17. The van der Waals surface area contributed by atoms with Crippen molar-refractivity contribution >= 4 is 29.0 Å². The molecule has 2 rings (SSSR count). The minimum absolute atomic E-state index is 0.000998. The zero-order valence-electron chi connectivity index (χ0n) is 13.8. The van der Waals surface area contributed by atoms with Crippen molar-refractivity contribution in [2.75, 3.05) is 18.3 Å². The number of rotatable bonds is 5. The number of hydrazone groups is 1. The number of non-ortho nitro benzene ring substituents is 1. The Hall–Kier alpha value is -2.68. The molecule has 9 heteroatoms. The lowest BCUT2D eigenvalue weighted by atomic mass is 10.1. The number of hydrogen-bond acceptors (Lipinski definition) is 7. The summed E-state index contributed by atoms with van der Waals surface area (Å²) < 4.78 is 1.46. The minimum Gasteiger partial charge on any atom is -0.291 e. The second kappa shape index (κ2) is 7.26. The van der Waals surface area contributed by atoms with E-state index in [1.54, 1.807) is 33.2 Å². The Labute approximate surface area is 143 Å². The van der Waals surface area contributed by atoms with Gasteiger partial charge in [0.05, 0.1) is 10.6 Å². The fourth-order valence-corrected chi connectivity index (χ4v) is 2.58. The van der Waals surface area contributed by atoms with Gasteiger partial charge in [-0.25, -0.2) is 4.98 Å². The molecule has 0 amide bonds. The lowest BCUT2D eigenvalue weighted by molar-refractivity contribution is -0.384. The average Bonchev–Trinajstić information content (AvgIpc) is 2.57. The number of aromatic nitrogens is 2. The first-order valence-electron chi connectivity index (χ1n) is 6.99. The van der Waals surface area contributed by atoms with Crippen LogP contribution in [-0.2, 0) is 7.05 Å². The third-order valence-corrected chi connectivity index (χ3v) is 4.10. The van der Waals surface area contributed by atoms with E-state index in [-0.39, 0.29) is 11.2 Å². The van der Waals surface area contributed by atoms with Crippen molar-refractivity contribution in [3.63, 3.8) is 0 Å². The lowest BCUT2D eigenvalue weighted by Gasteiger charge is -2.15. The predicted molar refractivity (Wildman–Crippen MR) is 95.0 cm³/mol. The first-order chi connectivity index (χ1) is 11.3. The van der Waals surface area contributed by atoms with Crippen molar-refractivity contribution in [1.29, 1.82) is 0 Å². The summed E-state index contributed by atoms with van der Waals surface area (Å²) in [7, 11) is 3.33. The van der Waals surface area contributed by atoms with Crippen molar-refractivity contribution in [3.8, 4) is 0 Å². The van der Waals surface area contributed by atoms with Crippen LogP contribution in [0.25, 0.3) is 0 Å². The van der Waals surface area contributed by atoms with Gasteiger partial charge in [-0.1, -0.05) is 23.9 Å². The Bertz CT molecular complexity index is 862. The van der Waals surface area contributed by atoms with Crippen molar-refractivity contribution < 1.29 is 4.92 Å². The summed E-state index contributed by atoms with van der Waals surface area (Å²) in [6.45, 7) is 1.74. The Balaban J connectivity index is 2.37. The van der Waals surface area contributed by atoms with Crippen molar-refractivity contribution in [3.05, 3.63) is 56.4 Å². The molecule has 24 heavy (non-hydrogen) atoms. The van der Waals surface area contributed by atoms with Crippen LogP contribution in [0.15, 0.2) is 45.4 Å². The summed E-state index contributed by atoms with van der Waals surface area (Å²) in [6, 6.07) is 7.62. The number of hydrogen-bond donors (Lipinski definition) is 0. The number of nitro groups is 1. The summed E-state index contributed by atoms with van der Waals surface area (Å²) in [5, 5.41) is 17.3. The van der Waals surface area contributed by atoms with Gasteiger partial charge in [0.2, 0.25) is 0 Å². The number of thioether (sulfide) groups is 1. The summed E-state index contributed by atoms with van der Waals surface area (Å²) in [5.74, 6) is 0.409. The summed E-state index contributed by atoms with van der Waals surface area (Å²) in [5.41, 5.74) is 1.03. The van der Waals surface area contributed by atoms with Crippen molar-refractivity contribution in [2.24, 2.45) is 12.1 Å². The average molecular weight is 347 g/mol. The maximum absolute atomic E-state index is 12.0. The molecule has 0 aliphatic carbocycles. The zero-order valence-corrected chi connectivity index (χ0v) is 14.6. The quantitative estimate of drug-likeness (QED) is 0.271. The third-order valence-electron chi connectivity index (χ3n) is 3.37. The maximum atomic E-state index is 12.0. The highest BCUT2D eigenvalue weighted by molar-refractivity contribution is 7.98. The van der Waals surface area contributed by atoms with Crippen LogP contribution in [0, 0.1) is 10.1 Å². The first kappa shape index (κ1) is 17.7. The van der Waals surface area contributed by atoms with Crippen LogP contribution in [0.5, 0.6) is 0 Å². The van der Waals surface area contributed by atoms with Gasteiger partial charge in [0, 0.05) is 37.9 Å². The number of anilines is 1. The molecule has 0 radical (unpaired) electrons. The van der Waals surface area contributed by atoms with Gasteiger partial charge in [-0.15, -0.1) is 0 Å². The molecule has 8 nitrogen and oxygen atoms in total. The molecular weight excluding hydrogens is 330 g/mol. The maximum Gasteiger partial charge on any atom is 0.270 e.